The highest BCUT2D eigenvalue weighted by Crippen LogP contribution is 2.43. The van der Waals surface area contributed by atoms with Crippen LogP contribution in [0.2, 0.25) is 0 Å². The lowest BCUT2D eigenvalue weighted by Crippen LogP contribution is -2.50. The number of carbonyl (C=O) groups is 1. The number of methoxy groups -OCH3 is 1. The fourth-order valence-electron chi connectivity index (χ4n) is 3.50. The number of nitrogens with zero attached hydrogens (tertiary/aromatic N) is 1. The number of aliphatic hydroxyl groups is 1. The van der Waals surface area contributed by atoms with E-state index in [-0.39, 0.29) is 11.4 Å². The van der Waals surface area contributed by atoms with Gasteiger partial charge in [0.05, 0.1) is 12.0 Å². The number of aliphatic hydroxyl groups excluding tert-OH is 1. The summed E-state index contributed by atoms with van der Waals surface area (Å²) in [7, 11) is -2.70. The molecule has 2 unspecified atom stereocenters. The van der Waals surface area contributed by atoms with E-state index in [4.69, 9.17) is 4.74 Å². The fraction of sp³-hybridized carbons (Fsp3) is 0.190. The van der Waals surface area contributed by atoms with E-state index in [1.165, 1.54) is 42.7 Å². The summed E-state index contributed by atoms with van der Waals surface area (Å²) in [5.41, 5.74) is 1.52. The molecule has 1 aliphatic rings. The number of rotatable bonds is 5. The lowest BCUT2D eigenvalue weighted by molar-refractivity contribution is -0.146. The number of fused-ring (bicyclic) bond motifs is 1. The zero-order valence-electron chi connectivity index (χ0n) is 15.9. The Balaban J connectivity index is 1.77. The average molecular weight is 446 g/mol. The molecule has 1 aromatic heterocycles. The lowest BCUT2D eigenvalue weighted by atomic mass is 10.0. The van der Waals surface area contributed by atoms with Gasteiger partial charge < -0.3 is 14.9 Å². The molecule has 30 heavy (non-hydrogen) atoms. The highest BCUT2D eigenvalue weighted by atomic mass is 32.2. The molecule has 0 fully saturated rings. The molecule has 3 aromatic rings. The molecule has 2 heterocycles. The van der Waals surface area contributed by atoms with E-state index >= 15 is 0 Å². The minimum atomic E-state index is -4.17. The van der Waals surface area contributed by atoms with Gasteiger partial charge in [-0.1, -0.05) is 30.3 Å². The molecule has 2 atom stereocenters. The first-order chi connectivity index (χ1) is 14.3. The Labute approximate surface area is 177 Å². The molecule has 0 aliphatic carbocycles. The summed E-state index contributed by atoms with van der Waals surface area (Å²) in [5, 5.41) is 20.6. The Hall–Kier alpha value is -2.72. The van der Waals surface area contributed by atoms with Crippen LogP contribution in [0.4, 0.5) is 0 Å². The Morgan fingerprint density at radius 3 is 2.40 bits per heavy atom. The number of sulfonamides is 1. The van der Waals surface area contributed by atoms with Crippen molar-refractivity contribution in [3.8, 4) is 16.2 Å². The van der Waals surface area contributed by atoms with Gasteiger partial charge in [-0.05, 0) is 41.5 Å². The molecule has 156 valence electrons. The molecule has 0 bridgehead atoms. The van der Waals surface area contributed by atoms with E-state index in [2.05, 4.69) is 0 Å². The second kappa shape index (κ2) is 7.84. The molecule has 2 N–H and O–H groups in total. The van der Waals surface area contributed by atoms with Crippen molar-refractivity contribution < 1.29 is 28.2 Å². The third kappa shape index (κ3) is 3.50. The first-order valence-electron chi connectivity index (χ1n) is 9.07. The molecule has 9 heteroatoms. The normalized spacial score (nSPS) is 19.3. The van der Waals surface area contributed by atoms with Gasteiger partial charge in [0, 0.05) is 16.3 Å². The third-order valence-electron chi connectivity index (χ3n) is 5.02. The van der Waals surface area contributed by atoms with Crippen molar-refractivity contribution in [2.24, 2.45) is 0 Å². The van der Waals surface area contributed by atoms with Gasteiger partial charge in [-0.15, -0.1) is 11.3 Å². The zero-order valence-corrected chi connectivity index (χ0v) is 17.6. The van der Waals surface area contributed by atoms with E-state index in [9.17, 15) is 23.4 Å². The number of benzene rings is 2. The summed E-state index contributed by atoms with van der Waals surface area (Å²) >= 11 is 1.28. The van der Waals surface area contributed by atoms with Crippen molar-refractivity contribution in [2.75, 3.05) is 7.11 Å². The molecule has 0 saturated carbocycles. The summed E-state index contributed by atoms with van der Waals surface area (Å²) < 4.78 is 32.4. The van der Waals surface area contributed by atoms with Gasteiger partial charge in [0.15, 0.2) is 6.04 Å². The van der Waals surface area contributed by atoms with E-state index in [1.807, 2.05) is 36.4 Å². The number of ether oxygens (including phenoxy) is 1. The Kier molecular flexibility index (Phi) is 5.37. The number of hydrogen-bond donors (Lipinski definition) is 2. The minimum absolute atomic E-state index is 0.0660. The topological polar surface area (TPSA) is 104 Å². The predicted molar refractivity (Wildman–Crippen MR) is 112 cm³/mol. The molecule has 4 rings (SSSR count). The van der Waals surface area contributed by atoms with Gasteiger partial charge in [-0.3, -0.25) is 4.79 Å². The fourth-order valence-corrected chi connectivity index (χ4v) is 6.26. The maximum Gasteiger partial charge on any atom is 0.325 e. The quantitative estimate of drug-likeness (QED) is 0.625. The molecule has 0 amide bonds. The molecular weight excluding hydrogens is 426 g/mol. The standard InChI is InChI=1S/C21H19NO6S2/c1-28-15-7-9-16(10-8-15)30(26,27)22-12-14-11-17(13-5-3-2-4-6-13)29-20(14)19(23)18(22)21(24)25/h2-11,18-19,23H,12H2,1H3,(H,24,25). The number of thiophene rings is 1. The highest BCUT2D eigenvalue weighted by Gasteiger charge is 2.46. The van der Waals surface area contributed by atoms with Crippen LogP contribution in [0, 0.1) is 0 Å². The van der Waals surface area contributed by atoms with Crippen molar-refractivity contribution in [1.29, 1.82) is 0 Å². The minimum Gasteiger partial charge on any atom is -0.497 e. The largest absolute Gasteiger partial charge is 0.497 e. The van der Waals surface area contributed by atoms with Crippen LogP contribution < -0.4 is 4.74 Å². The maximum absolute atomic E-state index is 13.2. The van der Waals surface area contributed by atoms with Gasteiger partial charge in [0.25, 0.3) is 0 Å². The molecule has 7 nitrogen and oxygen atoms in total. The SMILES string of the molecule is COc1ccc(S(=O)(=O)N2Cc3cc(-c4ccccc4)sc3C(O)C2C(=O)O)cc1. The summed E-state index contributed by atoms with van der Waals surface area (Å²) in [6, 6.07) is 15.4. The molecule has 1 aliphatic heterocycles. The summed E-state index contributed by atoms with van der Waals surface area (Å²) in [5.74, 6) is -0.921. The second-order valence-electron chi connectivity index (χ2n) is 6.82. The molecule has 2 aromatic carbocycles. The summed E-state index contributed by atoms with van der Waals surface area (Å²) in [6.07, 6.45) is -1.47. The van der Waals surface area contributed by atoms with E-state index in [0.29, 0.717) is 16.2 Å². The van der Waals surface area contributed by atoms with Crippen LogP contribution in [0.1, 0.15) is 16.5 Å². The zero-order chi connectivity index (χ0) is 21.5. The summed E-state index contributed by atoms with van der Waals surface area (Å²) in [6.45, 7) is -0.138. The molecule has 0 radical (unpaired) electrons. The third-order valence-corrected chi connectivity index (χ3v) is 8.16. The van der Waals surface area contributed by atoms with Crippen molar-refractivity contribution in [3.63, 3.8) is 0 Å². The van der Waals surface area contributed by atoms with E-state index < -0.39 is 28.1 Å². The summed E-state index contributed by atoms with van der Waals surface area (Å²) in [4.78, 5) is 13.2. The maximum atomic E-state index is 13.2. The van der Waals surface area contributed by atoms with Gasteiger partial charge in [0.1, 0.15) is 11.9 Å². The van der Waals surface area contributed by atoms with Crippen molar-refractivity contribution in [1.82, 2.24) is 4.31 Å². The first kappa shape index (κ1) is 20.5. The Morgan fingerprint density at radius 1 is 1.13 bits per heavy atom. The second-order valence-corrected chi connectivity index (χ2v) is 9.79. The van der Waals surface area contributed by atoms with E-state index in [0.717, 1.165) is 14.7 Å². The highest BCUT2D eigenvalue weighted by molar-refractivity contribution is 7.89. The molecular formula is C21H19NO6S2. The van der Waals surface area contributed by atoms with E-state index in [1.54, 1.807) is 0 Å². The number of carboxylic acids is 1. The number of aliphatic carboxylic acids is 1. The van der Waals surface area contributed by atoms with Crippen LogP contribution in [0.25, 0.3) is 10.4 Å². The van der Waals surface area contributed by atoms with Crippen molar-refractivity contribution in [2.45, 2.75) is 23.6 Å². The van der Waals surface area contributed by atoms with Crippen molar-refractivity contribution in [3.05, 3.63) is 71.1 Å². The van der Waals surface area contributed by atoms with Gasteiger partial charge >= 0.3 is 5.97 Å². The molecule has 0 saturated heterocycles. The van der Waals surface area contributed by atoms with Crippen LogP contribution in [0.3, 0.4) is 0 Å². The lowest BCUT2D eigenvalue weighted by Gasteiger charge is -2.35. The molecule has 0 spiro atoms. The van der Waals surface area contributed by atoms with Gasteiger partial charge in [0.2, 0.25) is 10.0 Å². The van der Waals surface area contributed by atoms with Crippen molar-refractivity contribution >= 4 is 27.3 Å². The number of hydrogen-bond acceptors (Lipinski definition) is 6. The van der Waals surface area contributed by atoms with Crippen LogP contribution in [0.5, 0.6) is 5.75 Å². The Morgan fingerprint density at radius 2 is 1.80 bits per heavy atom. The predicted octanol–water partition coefficient (Wildman–Crippen LogP) is 3.11. The first-order valence-corrected chi connectivity index (χ1v) is 11.3. The van der Waals surface area contributed by atoms with Crippen LogP contribution in [0.15, 0.2) is 65.6 Å². The van der Waals surface area contributed by atoms with Gasteiger partial charge in [-0.2, -0.15) is 4.31 Å². The van der Waals surface area contributed by atoms with Crippen LogP contribution >= 0.6 is 11.3 Å². The van der Waals surface area contributed by atoms with Crippen LogP contribution in [-0.4, -0.2) is 42.1 Å². The number of carboxylic acid groups (broad SMARTS) is 1. The Bertz CT molecular complexity index is 1170. The average Bonchev–Trinajstić information content (AvgIpc) is 3.19. The van der Waals surface area contributed by atoms with Crippen LogP contribution in [-0.2, 0) is 21.4 Å². The van der Waals surface area contributed by atoms with Gasteiger partial charge in [-0.25, -0.2) is 8.42 Å². The smallest absolute Gasteiger partial charge is 0.325 e. The monoisotopic (exact) mass is 445 g/mol.